The number of hydrogen-bond acceptors (Lipinski definition) is 5. The summed E-state index contributed by atoms with van der Waals surface area (Å²) in [6, 6.07) is 13.5. The third-order valence-corrected chi connectivity index (χ3v) is 9.81. The van der Waals surface area contributed by atoms with Gasteiger partial charge in [0.1, 0.15) is 4.21 Å². The molecule has 178 valence electrons. The van der Waals surface area contributed by atoms with Crippen LogP contribution in [0.4, 0.5) is 0 Å². The Morgan fingerprint density at radius 3 is 2.18 bits per heavy atom. The van der Waals surface area contributed by atoms with Gasteiger partial charge in [0.15, 0.2) is 0 Å². The van der Waals surface area contributed by atoms with E-state index in [9.17, 15) is 18.0 Å². The van der Waals surface area contributed by atoms with Gasteiger partial charge >= 0.3 is 0 Å². The Kier molecular flexibility index (Phi) is 7.82. The van der Waals surface area contributed by atoms with Crippen molar-refractivity contribution in [3.8, 4) is 0 Å². The molecule has 0 unspecified atom stereocenters. The molecule has 2 saturated heterocycles. The number of piperazine rings is 1. The fourth-order valence-electron chi connectivity index (χ4n) is 4.56. The second kappa shape index (κ2) is 10.8. The Balaban J connectivity index is 1.19. The summed E-state index contributed by atoms with van der Waals surface area (Å²) in [6.45, 7) is 2.99. The molecule has 2 amide bonds. The van der Waals surface area contributed by atoms with E-state index in [4.69, 9.17) is 0 Å². The molecule has 1 aromatic carbocycles. The van der Waals surface area contributed by atoms with Crippen LogP contribution in [0.5, 0.6) is 0 Å². The van der Waals surface area contributed by atoms with Gasteiger partial charge in [0.2, 0.25) is 11.8 Å². The summed E-state index contributed by atoms with van der Waals surface area (Å²) >= 11 is 1.22. The molecule has 0 radical (unpaired) electrons. The maximum atomic E-state index is 13.0. The predicted octanol–water partition coefficient (Wildman–Crippen LogP) is 2.84. The van der Waals surface area contributed by atoms with Gasteiger partial charge in [-0.3, -0.25) is 9.59 Å². The van der Waals surface area contributed by atoms with E-state index in [2.05, 4.69) is 12.1 Å². The lowest BCUT2D eigenvalue weighted by atomic mass is 9.96. The molecule has 0 spiro atoms. The first-order valence-corrected chi connectivity index (χ1v) is 13.9. The molecule has 7 nitrogen and oxygen atoms in total. The second-order valence-corrected chi connectivity index (χ2v) is 11.8. The molecule has 2 fully saturated rings. The quantitative estimate of drug-likeness (QED) is 0.599. The molecule has 0 bridgehead atoms. The van der Waals surface area contributed by atoms with E-state index in [0.29, 0.717) is 62.7 Å². The SMILES string of the molecule is O=C(CCCc1ccccc1)N1CCN(C(=O)C2CCN(S(=O)(=O)c3cccs3)CC2)CC1. The van der Waals surface area contributed by atoms with Crippen LogP contribution in [-0.4, -0.2) is 73.6 Å². The molecular formula is C24H31N3O4S2. The van der Waals surface area contributed by atoms with E-state index in [1.807, 2.05) is 28.0 Å². The highest BCUT2D eigenvalue weighted by Crippen LogP contribution is 2.27. The molecule has 2 aliphatic rings. The fraction of sp³-hybridized carbons (Fsp3) is 0.500. The smallest absolute Gasteiger partial charge is 0.252 e. The van der Waals surface area contributed by atoms with E-state index < -0.39 is 10.0 Å². The number of hydrogen-bond donors (Lipinski definition) is 0. The maximum Gasteiger partial charge on any atom is 0.252 e. The lowest BCUT2D eigenvalue weighted by molar-refractivity contribution is -0.143. The van der Waals surface area contributed by atoms with Crippen LogP contribution in [0.3, 0.4) is 0 Å². The number of rotatable bonds is 7. The average molecular weight is 490 g/mol. The molecule has 3 heterocycles. The van der Waals surface area contributed by atoms with Crippen molar-refractivity contribution < 1.29 is 18.0 Å². The zero-order valence-corrected chi connectivity index (χ0v) is 20.4. The van der Waals surface area contributed by atoms with Crippen LogP contribution in [-0.2, 0) is 26.0 Å². The van der Waals surface area contributed by atoms with Crippen LogP contribution in [0.15, 0.2) is 52.1 Å². The minimum atomic E-state index is -3.45. The Hall–Kier alpha value is -2.23. The zero-order valence-electron chi connectivity index (χ0n) is 18.8. The van der Waals surface area contributed by atoms with Gasteiger partial charge in [0.25, 0.3) is 10.0 Å². The molecule has 33 heavy (non-hydrogen) atoms. The van der Waals surface area contributed by atoms with Crippen LogP contribution in [0, 0.1) is 5.92 Å². The summed E-state index contributed by atoms with van der Waals surface area (Å²) in [7, 11) is -3.45. The van der Waals surface area contributed by atoms with Crippen LogP contribution in [0.1, 0.15) is 31.2 Å². The number of benzene rings is 1. The number of nitrogens with zero attached hydrogens (tertiary/aromatic N) is 3. The first-order valence-electron chi connectivity index (χ1n) is 11.6. The molecule has 9 heteroatoms. The standard InChI is InChI=1S/C24H31N3O4S2/c28-22(9-4-8-20-6-2-1-3-7-20)25-15-17-26(18-16-25)24(29)21-11-13-27(14-12-21)33(30,31)23-10-5-19-32-23/h1-3,5-7,10,19,21H,4,8-9,11-18H2. The third-order valence-electron chi connectivity index (χ3n) is 6.54. The van der Waals surface area contributed by atoms with E-state index in [-0.39, 0.29) is 17.7 Å². The highest BCUT2D eigenvalue weighted by Gasteiger charge is 2.35. The van der Waals surface area contributed by atoms with Crippen molar-refractivity contribution in [1.82, 2.24) is 14.1 Å². The number of aryl methyl sites for hydroxylation is 1. The number of thiophene rings is 1. The summed E-state index contributed by atoms with van der Waals surface area (Å²) in [5.41, 5.74) is 1.25. The van der Waals surface area contributed by atoms with Crippen molar-refractivity contribution >= 4 is 33.2 Å². The molecule has 2 aliphatic heterocycles. The van der Waals surface area contributed by atoms with E-state index in [1.54, 1.807) is 17.5 Å². The Morgan fingerprint density at radius 1 is 0.879 bits per heavy atom. The van der Waals surface area contributed by atoms with Gasteiger partial charge in [-0.25, -0.2) is 8.42 Å². The van der Waals surface area contributed by atoms with Gasteiger partial charge in [-0.05, 0) is 42.7 Å². The van der Waals surface area contributed by atoms with Crippen molar-refractivity contribution in [2.45, 2.75) is 36.3 Å². The molecule has 0 atom stereocenters. The largest absolute Gasteiger partial charge is 0.339 e. The average Bonchev–Trinajstić information content (AvgIpc) is 3.40. The summed E-state index contributed by atoms with van der Waals surface area (Å²) in [6.07, 6.45) is 3.34. The van der Waals surface area contributed by atoms with Crippen LogP contribution < -0.4 is 0 Å². The third kappa shape index (κ3) is 5.83. The number of carbonyl (C=O) groups is 2. The van der Waals surface area contributed by atoms with Gasteiger partial charge in [-0.1, -0.05) is 36.4 Å². The first kappa shape index (κ1) is 23.9. The molecule has 4 rings (SSSR count). The molecular weight excluding hydrogens is 458 g/mol. The summed E-state index contributed by atoms with van der Waals surface area (Å²) in [4.78, 5) is 29.3. The van der Waals surface area contributed by atoms with Crippen LogP contribution in [0.25, 0.3) is 0 Å². The molecule has 1 aromatic heterocycles. The van der Waals surface area contributed by atoms with Crippen molar-refractivity contribution in [2.75, 3.05) is 39.3 Å². The number of sulfonamides is 1. The fourth-order valence-corrected chi connectivity index (χ4v) is 7.18. The summed E-state index contributed by atoms with van der Waals surface area (Å²) in [5, 5.41) is 1.76. The number of carbonyl (C=O) groups excluding carboxylic acids is 2. The van der Waals surface area contributed by atoms with E-state index in [1.165, 1.54) is 21.2 Å². The van der Waals surface area contributed by atoms with Gasteiger partial charge in [-0.15, -0.1) is 11.3 Å². The highest BCUT2D eigenvalue weighted by molar-refractivity contribution is 7.91. The Labute approximate surface area is 200 Å². The topological polar surface area (TPSA) is 78.0 Å². The monoisotopic (exact) mass is 489 g/mol. The normalized spacial score (nSPS) is 18.4. The maximum absolute atomic E-state index is 13.0. The second-order valence-electron chi connectivity index (χ2n) is 8.66. The Morgan fingerprint density at radius 2 is 1.55 bits per heavy atom. The van der Waals surface area contributed by atoms with Crippen LogP contribution >= 0.6 is 11.3 Å². The minimum Gasteiger partial charge on any atom is -0.339 e. The molecule has 0 N–H and O–H groups in total. The van der Waals surface area contributed by atoms with Crippen molar-refractivity contribution in [1.29, 1.82) is 0 Å². The summed E-state index contributed by atoms with van der Waals surface area (Å²) < 4.78 is 27.2. The molecule has 0 aliphatic carbocycles. The highest BCUT2D eigenvalue weighted by atomic mass is 32.2. The predicted molar refractivity (Wildman–Crippen MR) is 128 cm³/mol. The number of piperidine rings is 1. The zero-order chi connectivity index (χ0) is 23.3. The number of amides is 2. The Bertz CT molecular complexity index is 1020. The van der Waals surface area contributed by atoms with E-state index >= 15 is 0 Å². The van der Waals surface area contributed by atoms with E-state index in [0.717, 1.165) is 12.8 Å². The molecule has 0 saturated carbocycles. The minimum absolute atomic E-state index is 0.0966. The lowest BCUT2D eigenvalue weighted by Gasteiger charge is -2.38. The lowest BCUT2D eigenvalue weighted by Crippen LogP contribution is -2.53. The summed E-state index contributed by atoms with van der Waals surface area (Å²) in [5.74, 6) is 0.109. The first-order chi connectivity index (χ1) is 15.9. The van der Waals surface area contributed by atoms with Crippen molar-refractivity contribution in [3.63, 3.8) is 0 Å². The molecule has 2 aromatic rings. The van der Waals surface area contributed by atoms with Gasteiger partial charge in [-0.2, -0.15) is 4.31 Å². The van der Waals surface area contributed by atoms with Crippen LogP contribution in [0.2, 0.25) is 0 Å². The van der Waals surface area contributed by atoms with Crippen molar-refractivity contribution in [3.05, 3.63) is 53.4 Å². The van der Waals surface area contributed by atoms with Gasteiger partial charge in [0.05, 0.1) is 0 Å². The van der Waals surface area contributed by atoms with Gasteiger partial charge in [0, 0.05) is 51.6 Å². The van der Waals surface area contributed by atoms with Gasteiger partial charge < -0.3 is 9.80 Å². The van der Waals surface area contributed by atoms with Crippen molar-refractivity contribution in [2.24, 2.45) is 5.92 Å².